The molecule has 0 bridgehead atoms. The molecule has 0 fully saturated rings. The van der Waals surface area contributed by atoms with Crippen LogP contribution in [0.2, 0.25) is 5.02 Å². The van der Waals surface area contributed by atoms with E-state index in [9.17, 15) is 4.79 Å². The molecule has 0 spiro atoms. The zero-order valence-corrected chi connectivity index (χ0v) is 18.7. The summed E-state index contributed by atoms with van der Waals surface area (Å²) in [4.78, 5) is 12.3. The van der Waals surface area contributed by atoms with E-state index >= 15 is 0 Å². The van der Waals surface area contributed by atoms with Crippen LogP contribution in [0.25, 0.3) is 16.7 Å². The molecule has 0 atom stereocenters. The maximum absolute atomic E-state index is 12.3. The smallest absolute Gasteiger partial charge is 0.307 e. The van der Waals surface area contributed by atoms with Gasteiger partial charge in [0.1, 0.15) is 5.58 Å². The summed E-state index contributed by atoms with van der Waals surface area (Å²) in [7, 11) is 0. The Hall–Kier alpha value is -2.58. The van der Waals surface area contributed by atoms with Crippen LogP contribution in [0.15, 0.2) is 64.1 Å². The third-order valence-electron chi connectivity index (χ3n) is 4.63. The minimum absolute atomic E-state index is 0.184. The van der Waals surface area contributed by atoms with Gasteiger partial charge in [0, 0.05) is 36.6 Å². The number of nitrogens with one attached hydrogen (secondary N) is 1. The summed E-state index contributed by atoms with van der Waals surface area (Å²) in [6.45, 7) is 4.07. The molecule has 0 saturated heterocycles. The molecule has 2 aromatic heterocycles. The van der Waals surface area contributed by atoms with Crippen LogP contribution < -0.4 is 5.43 Å². The Morgan fingerprint density at radius 3 is 2.66 bits per heavy atom. The average molecular weight is 518 g/mol. The van der Waals surface area contributed by atoms with Crippen molar-refractivity contribution >= 4 is 57.3 Å². The van der Waals surface area contributed by atoms with Crippen molar-refractivity contribution in [2.75, 3.05) is 0 Å². The van der Waals surface area contributed by atoms with Gasteiger partial charge >= 0.3 is 5.91 Å². The first-order chi connectivity index (χ1) is 13.9. The second-order valence-corrected chi connectivity index (χ2v) is 8.31. The van der Waals surface area contributed by atoms with Crippen molar-refractivity contribution in [3.63, 3.8) is 0 Å². The number of halogens is 2. The van der Waals surface area contributed by atoms with Crippen molar-refractivity contribution in [2.24, 2.45) is 5.10 Å². The van der Waals surface area contributed by atoms with Crippen molar-refractivity contribution in [1.82, 2.24) is 9.99 Å². The van der Waals surface area contributed by atoms with Gasteiger partial charge in [0.05, 0.1) is 6.21 Å². The summed E-state index contributed by atoms with van der Waals surface area (Å²) in [5.41, 5.74) is 7.27. The fourth-order valence-corrected chi connectivity index (χ4v) is 3.79. The molecule has 146 valence electrons. The highest BCUT2D eigenvalue weighted by molar-refractivity contribution is 14.1. The first-order valence-corrected chi connectivity index (χ1v) is 10.4. The maximum atomic E-state index is 12.3. The van der Waals surface area contributed by atoms with Crippen LogP contribution in [-0.4, -0.2) is 16.7 Å². The summed E-state index contributed by atoms with van der Waals surface area (Å²) in [6.07, 6.45) is 1.64. The van der Waals surface area contributed by atoms with E-state index in [1.165, 1.54) is 3.57 Å². The molecule has 7 heteroatoms. The van der Waals surface area contributed by atoms with Gasteiger partial charge in [0.15, 0.2) is 5.76 Å². The van der Waals surface area contributed by atoms with Gasteiger partial charge in [-0.05, 0) is 91.0 Å². The molecular formula is C22H17ClIN3O2. The largest absolute Gasteiger partial charge is 0.451 e. The van der Waals surface area contributed by atoms with Crippen LogP contribution in [0, 0.1) is 17.4 Å². The fourth-order valence-electron chi connectivity index (χ4n) is 3.25. The molecule has 2 heterocycles. The highest BCUT2D eigenvalue weighted by Gasteiger charge is 2.13. The number of aromatic nitrogens is 1. The summed E-state index contributed by atoms with van der Waals surface area (Å²) in [5, 5.41) is 5.46. The van der Waals surface area contributed by atoms with Crippen LogP contribution in [0.3, 0.4) is 0 Å². The van der Waals surface area contributed by atoms with Gasteiger partial charge in [0.25, 0.3) is 0 Å². The molecule has 0 aliphatic carbocycles. The molecule has 0 unspecified atom stereocenters. The van der Waals surface area contributed by atoms with Crippen LogP contribution in [0.4, 0.5) is 0 Å². The number of rotatable bonds is 4. The predicted octanol–water partition coefficient (Wildman–Crippen LogP) is 5.86. The highest BCUT2D eigenvalue weighted by atomic mass is 127. The van der Waals surface area contributed by atoms with Crippen molar-refractivity contribution in [2.45, 2.75) is 13.8 Å². The summed E-state index contributed by atoms with van der Waals surface area (Å²) >= 11 is 8.26. The van der Waals surface area contributed by atoms with Crippen LogP contribution in [0.5, 0.6) is 0 Å². The third-order valence-corrected chi connectivity index (χ3v) is 5.58. The van der Waals surface area contributed by atoms with Crippen molar-refractivity contribution in [3.05, 3.63) is 85.9 Å². The topological polar surface area (TPSA) is 59.5 Å². The summed E-state index contributed by atoms with van der Waals surface area (Å²) in [5.74, 6) is -0.233. The molecule has 4 aromatic rings. The zero-order chi connectivity index (χ0) is 20.5. The minimum atomic E-state index is -0.417. The molecule has 1 amide bonds. The number of amides is 1. The number of hydrogen-bond donors (Lipinski definition) is 1. The Kier molecular flexibility index (Phi) is 5.47. The normalized spacial score (nSPS) is 11.4. The number of carbonyl (C=O) groups excluding carboxylic acids is 1. The zero-order valence-electron chi connectivity index (χ0n) is 15.7. The van der Waals surface area contributed by atoms with Crippen molar-refractivity contribution in [3.8, 4) is 5.69 Å². The van der Waals surface area contributed by atoms with Gasteiger partial charge in [0.2, 0.25) is 0 Å². The molecule has 1 N–H and O–H groups in total. The first kappa shape index (κ1) is 19.7. The van der Waals surface area contributed by atoms with Gasteiger partial charge in [-0.25, -0.2) is 5.43 Å². The van der Waals surface area contributed by atoms with Crippen LogP contribution in [-0.2, 0) is 0 Å². The maximum Gasteiger partial charge on any atom is 0.307 e. The Balaban J connectivity index is 1.52. The number of fused-ring (bicyclic) bond motifs is 1. The van der Waals surface area contributed by atoms with Gasteiger partial charge in [-0.2, -0.15) is 5.10 Å². The quantitative estimate of drug-likeness (QED) is 0.209. The number of aryl methyl sites for hydroxylation is 1. The molecule has 0 aliphatic heterocycles. The Morgan fingerprint density at radius 1 is 1.14 bits per heavy atom. The van der Waals surface area contributed by atoms with E-state index in [0.29, 0.717) is 10.6 Å². The second-order valence-electron chi connectivity index (χ2n) is 6.63. The minimum Gasteiger partial charge on any atom is -0.451 e. The van der Waals surface area contributed by atoms with Gasteiger partial charge in [-0.3, -0.25) is 4.79 Å². The van der Waals surface area contributed by atoms with Crippen LogP contribution >= 0.6 is 34.2 Å². The lowest BCUT2D eigenvalue weighted by Gasteiger charge is -2.09. The van der Waals surface area contributed by atoms with Crippen LogP contribution in [0.1, 0.15) is 27.5 Å². The van der Waals surface area contributed by atoms with E-state index in [0.717, 1.165) is 28.0 Å². The summed E-state index contributed by atoms with van der Waals surface area (Å²) < 4.78 is 8.89. The third kappa shape index (κ3) is 4.09. The molecule has 4 rings (SSSR count). The molecule has 29 heavy (non-hydrogen) atoms. The van der Waals surface area contributed by atoms with Gasteiger partial charge in [-0.1, -0.05) is 11.6 Å². The molecule has 0 saturated carbocycles. The number of benzene rings is 2. The van der Waals surface area contributed by atoms with Gasteiger partial charge < -0.3 is 8.98 Å². The Bertz CT molecular complexity index is 1240. The molecular weight excluding hydrogens is 501 g/mol. The van der Waals surface area contributed by atoms with E-state index in [1.807, 2.05) is 19.9 Å². The predicted molar refractivity (Wildman–Crippen MR) is 124 cm³/mol. The standard InChI is InChI=1S/C22H17ClIN3O2/c1-13-9-16(14(2)27(13)19-6-4-18(24)5-7-19)12-25-26-22(28)21-11-15-10-17(23)3-8-20(15)29-21/h3-12H,1-2H3,(H,26,28)/b25-12-. The average Bonchev–Trinajstić information content (AvgIpc) is 3.23. The fraction of sp³-hybridized carbons (Fsp3) is 0.0909. The van der Waals surface area contributed by atoms with E-state index in [-0.39, 0.29) is 5.76 Å². The number of hydrazone groups is 1. The lowest BCUT2D eigenvalue weighted by Crippen LogP contribution is -2.16. The number of hydrogen-bond acceptors (Lipinski definition) is 3. The Morgan fingerprint density at radius 2 is 1.90 bits per heavy atom. The van der Waals surface area contributed by atoms with E-state index in [1.54, 1.807) is 30.5 Å². The first-order valence-electron chi connectivity index (χ1n) is 8.90. The van der Waals surface area contributed by atoms with E-state index in [4.69, 9.17) is 16.0 Å². The Labute approximate surface area is 186 Å². The SMILES string of the molecule is Cc1cc(/C=N\NC(=O)c2cc3cc(Cl)ccc3o2)c(C)n1-c1ccc(I)cc1. The summed E-state index contributed by atoms with van der Waals surface area (Å²) in [6, 6.07) is 17.2. The van der Waals surface area contributed by atoms with Crippen molar-refractivity contribution < 1.29 is 9.21 Å². The van der Waals surface area contributed by atoms with Gasteiger partial charge in [-0.15, -0.1) is 0 Å². The number of nitrogens with zero attached hydrogens (tertiary/aromatic N) is 2. The molecule has 0 radical (unpaired) electrons. The second kappa shape index (κ2) is 8.04. The van der Waals surface area contributed by atoms with E-state index in [2.05, 4.69) is 62.0 Å². The highest BCUT2D eigenvalue weighted by Crippen LogP contribution is 2.23. The molecule has 5 nitrogen and oxygen atoms in total. The molecule has 0 aliphatic rings. The number of furan rings is 1. The monoisotopic (exact) mass is 517 g/mol. The van der Waals surface area contributed by atoms with E-state index < -0.39 is 5.91 Å². The molecule has 2 aromatic carbocycles. The number of carbonyl (C=O) groups is 1. The lowest BCUT2D eigenvalue weighted by atomic mass is 10.2. The van der Waals surface area contributed by atoms with Crippen molar-refractivity contribution in [1.29, 1.82) is 0 Å². The lowest BCUT2D eigenvalue weighted by molar-refractivity contribution is 0.0929.